The molecule has 3 heterocycles. The van der Waals surface area contributed by atoms with Crippen LogP contribution in [0.5, 0.6) is 0 Å². The van der Waals surface area contributed by atoms with Gasteiger partial charge in [0.15, 0.2) is 5.16 Å². The second-order valence-electron chi connectivity index (χ2n) is 8.67. The average Bonchev–Trinajstić information content (AvgIpc) is 3.27. The molecule has 1 aromatic carbocycles. The molecule has 1 amide bonds. The lowest BCUT2D eigenvalue weighted by molar-refractivity contribution is -0.151. The Kier molecular flexibility index (Phi) is 8.10. The smallest absolute Gasteiger partial charge is 0.309 e. The summed E-state index contributed by atoms with van der Waals surface area (Å²) in [7, 11) is 0. The van der Waals surface area contributed by atoms with E-state index in [1.165, 1.54) is 11.8 Å². The number of esters is 1. The zero-order valence-corrected chi connectivity index (χ0v) is 20.9. The number of nitrogens with zero attached hydrogens (tertiary/aromatic N) is 5. The summed E-state index contributed by atoms with van der Waals surface area (Å²) in [6.45, 7) is 10.1. The predicted octanol–water partition coefficient (Wildman–Crippen LogP) is 2.69. The van der Waals surface area contributed by atoms with Gasteiger partial charge in [0, 0.05) is 26.2 Å². The average molecular weight is 488 g/mol. The summed E-state index contributed by atoms with van der Waals surface area (Å²) in [6.07, 6.45) is 1.28. The lowest BCUT2D eigenvalue weighted by Crippen LogP contribution is -2.43. The second kappa shape index (κ2) is 11.2. The molecule has 0 spiro atoms. The molecule has 10 heteroatoms. The Bertz CT molecular complexity index is 999. The number of carbonyl (C=O) groups is 2. The molecule has 1 aromatic heterocycles. The first kappa shape index (κ1) is 24.5. The maximum atomic E-state index is 13.2. The first-order valence-electron chi connectivity index (χ1n) is 11.9. The third-order valence-corrected chi connectivity index (χ3v) is 7.26. The van der Waals surface area contributed by atoms with Gasteiger partial charge in [0.25, 0.3) is 0 Å². The van der Waals surface area contributed by atoms with Crippen molar-refractivity contribution in [3.63, 3.8) is 0 Å². The highest BCUT2D eigenvalue weighted by atomic mass is 32.2. The van der Waals surface area contributed by atoms with Crippen molar-refractivity contribution < 1.29 is 19.1 Å². The molecule has 2 aromatic rings. The van der Waals surface area contributed by atoms with Crippen LogP contribution in [-0.2, 0) is 19.1 Å². The summed E-state index contributed by atoms with van der Waals surface area (Å²) >= 11 is 1.42. The van der Waals surface area contributed by atoms with Crippen molar-refractivity contribution in [1.82, 2.24) is 19.7 Å². The van der Waals surface area contributed by atoms with Gasteiger partial charge in [-0.2, -0.15) is 0 Å². The predicted molar refractivity (Wildman–Crippen MR) is 130 cm³/mol. The van der Waals surface area contributed by atoms with Crippen LogP contribution in [0, 0.1) is 12.8 Å². The number of likely N-dealkylation sites (tertiary alicyclic amines) is 1. The number of hydrogen-bond acceptors (Lipinski definition) is 8. The minimum absolute atomic E-state index is 0.0547. The highest BCUT2D eigenvalue weighted by Gasteiger charge is 2.31. The number of ether oxygens (including phenoxy) is 2. The van der Waals surface area contributed by atoms with Gasteiger partial charge in [0.05, 0.1) is 36.7 Å². The van der Waals surface area contributed by atoms with Crippen molar-refractivity contribution in [3.8, 4) is 5.69 Å². The van der Waals surface area contributed by atoms with Crippen molar-refractivity contribution in [2.75, 3.05) is 50.9 Å². The molecule has 0 radical (unpaired) electrons. The highest BCUT2D eigenvalue weighted by molar-refractivity contribution is 8.00. The Balaban J connectivity index is 1.49. The summed E-state index contributed by atoms with van der Waals surface area (Å²) in [5, 5.41) is 9.35. The lowest BCUT2D eigenvalue weighted by atomic mass is 9.97. The molecular weight excluding hydrogens is 454 g/mol. The molecular formula is C24H33N5O4S. The first-order chi connectivity index (χ1) is 16.5. The molecule has 2 fully saturated rings. The highest BCUT2D eigenvalue weighted by Crippen LogP contribution is 2.31. The lowest BCUT2D eigenvalue weighted by Gasteiger charge is -2.32. The van der Waals surface area contributed by atoms with Crippen LogP contribution in [-0.4, -0.2) is 82.8 Å². The molecule has 0 bridgehead atoms. The van der Waals surface area contributed by atoms with Crippen molar-refractivity contribution >= 4 is 29.6 Å². The number of anilines is 1. The molecule has 1 unspecified atom stereocenters. The zero-order chi connectivity index (χ0) is 24.1. The zero-order valence-electron chi connectivity index (χ0n) is 20.1. The monoisotopic (exact) mass is 487 g/mol. The largest absolute Gasteiger partial charge is 0.466 e. The van der Waals surface area contributed by atoms with E-state index < -0.39 is 0 Å². The standard InChI is InChI=1S/C24H33N5O4S/c1-4-33-22(31)19-8-10-27(11-9-19)21(30)18(3)34-24-26-25-23(28-12-14-32-15-13-28)29(24)20-7-5-6-17(2)16-20/h5-7,16,18-19H,4,8-15H2,1-3H3. The Morgan fingerprint density at radius 3 is 2.59 bits per heavy atom. The van der Waals surface area contributed by atoms with E-state index in [9.17, 15) is 9.59 Å². The summed E-state index contributed by atoms with van der Waals surface area (Å²) < 4.78 is 12.7. The number of rotatable bonds is 7. The minimum atomic E-state index is -0.329. The molecule has 34 heavy (non-hydrogen) atoms. The van der Waals surface area contributed by atoms with E-state index in [-0.39, 0.29) is 23.0 Å². The third-order valence-electron chi connectivity index (χ3n) is 6.23. The van der Waals surface area contributed by atoms with Crippen molar-refractivity contribution in [1.29, 1.82) is 0 Å². The molecule has 0 aliphatic carbocycles. The van der Waals surface area contributed by atoms with Crippen molar-refractivity contribution in [3.05, 3.63) is 29.8 Å². The first-order valence-corrected chi connectivity index (χ1v) is 12.8. The molecule has 2 aliphatic rings. The normalized spacial score (nSPS) is 18.1. The van der Waals surface area contributed by atoms with Gasteiger partial charge < -0.3 is 19.3 Å². The number of aryl methyl sites for hydroxylation is 1. The molecule has 0 N–H and O–H groups in total. The van der Waals surface area contributed by atoms with E-state index in [2.05, 4.69) is 34.2 Å². The molecule has 1 atom stereocenters. The van der Waals surface area contributed by atoms with Gasteiger partial charge in [-0.3, -0.25) is 14.2 Å². The number of piperidine rings is 1. The SMILES string of the molecule is CCOC(=O)C1CCN(C(=O)C(C)Sc2nnc(N3CCOCC3)n2-c2cccc(C)c2)CC1. The van der Waals surface area contributed by atoms with Crippen LogP contribution < -0.4 is 4.90 Å². The summed E-state index contributed by atoms with van der Waals surface area (Å²) in [5.41, 5.74) is 2.12. The maximum absolute atomic E-state index is 13.2. The number of thioether (sulfide) groups is 1. The van der Waals surface area contributed by atoms with Crippen LogP contribution >= 0.6 is 11.8 Å². The van der Waals surface area contributed by atoms with Crippen LogP contribution in [0.4, 0.5) is 5.95 Å². The Morgan fingerprint density at radius 1 is 1.18 bits per heavy atom. The fraction of sp³-hybridized carbons (Fsp3) is 0.583. The fourth-order valence-corrected chi connectivity index (χ4v) is 5.31. The number of morpholine rings is 1. The van der Waals surface area contributed by atoms with Gasteiger partial charge in [-0.05, 0) is 51.3 Å². The molecule has 2 aliphatic heterocycles. The van der Waals surface area contributed by atoms with E-state index in [1.807, 2.05) is 35.4 Å². The minimum Gasteiger partial charge on any atom is -0.466 e. The van der Waals surface area contributed by atoms with Gasteiger partial charge >= 0.3 is 5.97 Å². The maximum Gasteiger partial charge on any atom is 0.309 e. The molecule has 0 saturated carbocycles. The number of hydrogen-bond donors (Lipinski definition) is 0. The summed E-state index contributed by atoms with van der Waals surface area (Å²) in [4.78, 5) is 29.3. The summed E-state index contributed by atoms with van der Waals surface area (Å²) in [6, 6.07) is 8.21. The van der Waals surface area contributed by atoms with Gasteiger partial charge in [-0.15, -0.1) is 10.2 Å². The number of aromatic nitrogens is 3. The third kappa shape index (κ3) is 5.55. The number of carbonyl (C=O) groups excluding carboxylic acids is 2. The van der Waals surface area contributed by atoms with Gasteiger partial charge in [0.1, 0.15) is 0 Å². The van der Waals surface area contributed by atoms with Crippen molar-refractivity contribution in [2.24, 2.45) is 5.92 Å². The number of amides is 1. The number of benzene rings is 1. The van der Waals surface area contributed by atoms with E-state index in [0.29, 0.717) is 50.9 Å². The second-order valence-corrected chi connectivity index (χ2v) is 9.98. The molecule has 4 rings (SSSR count). The van der Waals surface area contributed by atoms with E-state index >= 15 is 0 Å². The van der Waals surface area contributed by atoms with Gasteiger partial charge in [-0.1, -0.05) is 23.9 Å². The summed E-state index contributed by atoms with van der Waals surface area (Å²) in [5.74, 6) is 0.553. The topological polar surface area (TPSA) is 89.8 Å². The van der Waals surface area contributed by atoms with Gasteiger partial charge in [-0.25, -0.2) is 0 Å². The van der Waals surface area contributed by atoms with Crippen LogP contribution in [0.3, 0.4) is 0 Å². The molecule has 2 saturated heterocycles. The van der Waals surface area contributed by atoms with Crippen LogP contribution in [0.2, 0.25) is 0 Å². The molecule has 184 valence electrons. The van der Waals surface area contributed by atoms with Crippen LogP contribution in [0.15, 0.2) is 29.4 Å². The van der Waals surface area contributed by atoms with E-state index in [4.69, 9.17) is 9.47 Å². The quantitative estimate of drug-likeness (QED) is 0.435. The van der Waals surface area contributed by atoms with E-state index in [1.54, 1.807) is 0 Å². The Morgan fingerprint density at radius 2 is 1.91 bits per heavy atom. The van der Waals surface area contributed by atoms with Crippen molar-refractivity contribution in [2.45, 2.75) is 44.0 Å². The Hall–Kier alpha value is -2.59. The van der Waals surface area contributed by atoms with E-state index in [0.717, 1.165) is 30.3 Å². The van der Waals surface area contributed by atoms with Crippen LogP contribution in [0.25, 0.3) is 5.69 Å². The van der Waals surface area contributed by atoms with Crippen LogP contribution in [0.1, 0.15) is 32.3 Å². The Labute approximate surface area is 204 Å². The van der Waals surface area contributed by atoms with Gasteiger partial charge in [0.2, 0.25) is 11.9 Å². The fourth-order valence-electron chi connectivity index (χ4n) is 4.36. The molecule has 9 nitrogen and oxygen atoms in total.